The van der Waals surface area contributed by atoms with Crippen molar-refractivity contribution in [2.45, 2.75) is 46.0 Å². The Hall–Kier alpha value is -1.02. The Bertz CT molecular complexity index is 414. The predicted octanol–water partition coefficient (Wildman–Crippen LogP) is 3.53. The zero-order valence-corrected chi connectivity index (χ0v) is 12.8. The Kier molecular flexibility index (Phi) is 4.51. The molecular formula is C17H27NO. The van der Waals surface area contributed by atoms with Crippen LogP contribution in [0.5, 0.6) is 5.75 Å². The molecule has 1 N–H and O–H groups in total. The minimum absolute atomic E-state index is 0.133. The van der Waals surface area contributed by atoms with E-state index in [0.717, 1.165) is 31.9 Å². The Balaban J connectivity index is 2.13. The van der Waals surface area contributed by atoms with Gasteiger partial charge in [-0.2, -0.15) is 0 Å². The second-order valence-electron chi connectivity index (χ2n) is 6.60. The summed E-state index contributed by atoms with van der Waals surface area (Å²) < 4.78 is 6.11. The molecule has 0 aliphatic carbocycles. The molecule has 2 rings (SSSR count). The highest BCUT2D eigenvalue weighted by Crippen LogP contribution is 2.32. The second kappa shape index (κ2) is 5.96. The summed E-state index contributed by atoms with van der Waals surface area (Å²) in [7, 11) is 0. The van der Waals surface area contributed by atoms with E-state index in [1.807, 2.05) is 0 Å². The van der Waals surface area contributed by atoms with Crippen molar-refractivity contribution in [2.75, 3.05) is 19.7 Å². The lowest BCUT2D eigenvalue weighted by molar-refractivity contribution is 0.254. The quantitative estimate of drug-likeness (QED) is 0.895. The van der Waals surface area contributed by atoms with Crippen molar-refractivity contribution in [3.8, 4) is 5.75 Å². The lowest BCUT2D eigenvalue weighted by atomic mass is 9.85. The zero-order valence-electron chi connectivity index (χ0n) is 12.8. The first kappa shape index (κ1) is 14.4. The highest BCUT2D eigenvalue weighted by atomic mass is 16.5. The fourth-order valence-electron chi connectivity index (χ4n) is 2.57. The molecule has 0 radical (unpaired) electrons. The van der Waals surface area contributed by atoms with Gasteiger partial charge in [0.15, 0.2) is 0 Å². The van der Waals surface area contributed by atoms with E-state index in [1.165, 1.54) is 17.5 Å². The number of rotatable bonds is 4. The van der Waals surface area contributed by atoms with Crippen LogP contribution >= 0.6 is 0 Å². The van der Waals surface area contributed by atoms with Gasteiger partial charge in [-0.1, -0.05) is 39.8 Å². The first-order valence-electron chi connectivity index (χ1n) is 7.47. The van der Waals surface area contributed by atoms with E-state index in [4.69, 9.17) is 4.74 Å². The van der Waals surface area contributed by atoms with Crippen LogP contribution in [0.25, 0.3) is 0 Å². The molecule has 1 saturated heterocycles. The molecule has 1 heterocycles. The van der Waals surface area contributed by atoms with E-state index in [1.54, 1.807) is 0 Å². The molecule has 2 nitrogen and oxygen atoms in total. The minimum Gasteiger partial charge on any atom is -0.493 e. The molecule has 1 atom stereocenters. The number of hydrogen-bond acceptors (Lipinski definition) is 2. The van der Waals surface area contributed by atoms with Crippen LogP contribution in [-0.4, -0.2) is 19.7 Å². The van der Waals surface area contributed by atoms with Gasteiger partial charge >= 0.3 is 0 Å². The molecule has 2 heteroatoms. The first-order valence-corrected chi connectivity index (χ1v) is 7.47. The SMILES string of the molecule is CCc1ccc(OCC2CCNC2)c(C(C)(C)C)c1. The molecule has 0 saturated carbocycles. The largest absolute Gasteiger partial charge is 0.493 e. The third-order valence-corrected chi connectivity index (χ3v) is 3.90. The van der Waals surface area contributed by atoms with Gasteiger partial charge in [-0.25, -0.2) is 0 Å². The van der Waals surface area contributed by atoms with Gasteiger partial charge in [0.1, 0.15) is 5.75 Å². The van der Waals surface area contributed by atoms with Gasteiger partial charge in [0, 0.05) is 12.5 Å². The first-order chi connectivity index (χ1) is 9.00. The summed E-state index contributed by atoms with van der Waals surface area (Å²) in [6, 6.07) is 6.65. The molecule has 19 heavy (non-hydrogen) atoms. The predicted molar refractivity (Wildman–Crippen MR) is 81.0 cm³/mol. The second-order valence-corrected chi connectivity index (χ2v) is 6.60. The summed E-state index contributed by atoms with van der Waals surface area (Å²) >= 11 is 0. The molecule has 106 valence electrons. The molecular weight excluding hydrogens is 234 g/mol. The minimum atomic E-state index is 0.133. The number of aryl methyl sites for hydroxylation is 1. The van der Waals surface area contributed by atoms with Gasteiger partial charge < -0.3 is 10.1 Å². The molecule has 0 spiro atoms. The summed E-state index contributed by atoms with van der Waals surface area (Å²) in [5.74, 6) is 1.73. The van der Waals surface area contributed by atoms with E-state index in [0.29, 0.717) is 5.92 Å². The van der Waals surface area contributed by atoms with Gasteiger partial charge in [-0.3, -0.25) is 0 Å². The van der Waals surface area contributed by atoms with Gasteiger partial charge in [0.2, 0.25) is 0 Å². The molecule has 0 amide bonds. The Morgan fingerprint density at radius 2 is 2.11 bits per heavy atom. The molecule has 0 aromatic heterocycles. The summed E-state index contributed by atoms with van der Waals surface area (Å²) in [6.07, 6.45) is 2.31. The van der Waals surface area contributed by atoms with Gasteiger partial charge in [-0.15, -0.1) is 0 Å². The van der Waals surface area contributed by atoms with Gasteiger partial charge in [-0.05, 0) is 42.0 Å². The van der Waals surface area contributed by atoms with Crippen LogP contribution in [0, 0.1) is 5.92 Å². The summed E-state index contributed by atoms with van der Waals surface area (Å²) in [5.41, 5.74) is 2.85. The van der Waals surface area contributed by atoms with E-state index in [9.17, 15) is 0 Å². The maximum Gasteiger partial charge on any atom is 0.123 e. The molecule has 1 unspecified atom stereocenters. The van der Waals surface area contributed by atoms with Crippen LogP contribution in [-0.2, 0) is 11.8 Å². The van der Waals surface area contributed by atoms with Crippen molar-refractivity contribution in [3.63, 3.8) is 0 Å². The highest BCUT2D eigenvalue weighted by Gasteiger charge is 2.21. The normalized spacial score (nSPS) is 19.7. The third kappa shape index (κ3) is 3.73. The molecule has 1 aliphatic heterocycles. The van der Waals surface area contributed by atoms with Crippen molar-refractivity contribution < 1.29 is 4.74 Å². The number of nitrogens with one attached hydrogen (secondary N) is 1. The Labute approximate surface area is 117 Å². The third-order valence-electron chi connectivity index (χ3n) is 3.90. The van der Waals surface area contributed by atoms with Crippen LogP contribution in [0.2, 0.25) is 0 Å². The van der Waals surface area contributed by atoms with E-state index in [2.05, 4.69) is 51.2 Å². The average Bonchev–Trinajstić information content (AvgIpc) is 2.88. The smallest absolute Gasteiger partial charge is 0.123 e. The molecule has 1 aromatic carbocycles. The van der Waals surface area contributed by atoms with Crippen molar-refractivity contribution in [3.05, 3.63) is 29.3 Å². The monoisotopic (exact) mass is 261 g/mol. The van der Waals surface area contributed by atoms with Crippen LogP contribution in [0.4, 0.5) is 0 Å². The summed E-state index contributed by atoms with van der Waals surface area (Å²) in [4.78, 5) is 0. The van der Waals surface area contributed by atoms with E-state index in [-0.39, 0.29) is 5.41 Å². The molecule has 1 aromatic rings. The van der Waals surface area contributed by atoms with Crippen molar-refractivity contribution in [1.82, 2.24) is 5.32 Å². The van der Waals surface area contributed by atoms with Crippen LogP contribution in [0.1, 0.15) is 45.2 Å². The molecule has 0 bridgehead atoms. The van der Waals surface area contributed by atoms with Crippen LogP contribution < -0.4 is 10.1 Å². The number of hydrogen-bond donors (Lipinski definition) is 1. The standard InChI is InChI=1S/C17H27NO/c1-5-13-6-7-16(15(10-13)17(2,3)4)19-12-14-8-9-18-11-14/h6-7,10,14,18H,5,8-9,11-12H2,1-4H3. The fraction of sp³-hybridized carbons (Fsp3) is 0.647. The summed E-state index contributed by atoms with van der Waals surface area (Å²) in [5, 5.41) is 3.39. The van der Waals surface area contributed by atoms with Crippen molar-refractivity contribution >= 4 is 0 Å². The maximum atomic E-state index is 6.11. The van der Waals surface area contributed by atoms with Crippen molar-refractivity contribution in [2.24, 2.45) is 5.92 Å². The van der Waals surface area contributed by atoms with Gasteiger partial charge in [0.05, 0.1) is 6.61 Å². The topological polar surface area (TPSA) is 21.3 Å². The van der Waals surface area contributed by atoms with Crippen LogP contribution in [0.3, 0.4) is 0 Å². The highest BCUT2D eigenvalue weighted by molar-refractivity contribution is 5.41. The van der Waals surface area contributed by atoms with Gasteiger partial charge in [0.25, 0.3) is 0 Å². The van der Waals surface area contributed by atoms with E-state index < -0.39 is 0 Å². The maximum absolute atomic E-state index is 6.11. The van der Waals surface area contributed by atoms with E-state index >= 15 is 0 Å². The number of ether oxygens (including phenoxy) is 1. The zero-order chi connectivity index (χ0) is 13.9. The molecule has 1 aliphatic rings. The van der Waals surface area contributed by atoms with Crippen molar-refractivity contribution in [1.29, 1.82) is 0 Å². The number of benzene rings is 1. The Morgan fingerprint density at radius 1 is 1.32 bits per heavy atom. The average molecular weight is 261 g/mol. The molecule has 1 fully saturated rings. The summed E-state index contributed by atoms with van der Waals surface area (Å²) in [6.45, 7) is 12.0. The lowest BCUT2D eigenvalue weighted by Gasteiger charge is -2.24. The lowest BCUT2D eigenvalue weighted by Crippen LogP contribution is -2.18. The fourth-order valence-corrected chi connectivity index (χ4v) is 2.57. The van der Waals surface area contributed by atoms with Crippen LogP contribution in [0.15, 0.2) is 18.2 Å². The Morgan fingerprint density at radius 3 is 2.68 bits per heavy atom.